The molecule has 0 aromatic carbocycles. The second kappa shape index (κ2) is 7.96. The van der Waals surface area contributed by atoms with E-state index in [1.54, 1.807) is 0 Å². The molecule has 2 aliphatic rings. The van der Waals surface area contributed by atoms with E-state index in [1.165, 1.54) is 52.2 Å². The van der Waals surface area contributed by atoms with Gasteiger partial charge in [0.05, 0.1) is 0 Å². The number of likely N-dealkylation sites (tertiary alicyclic amines) is 1. The van der Waals surface area contributed by atoms with Gasteiger partial charge in [0.15, 0.2) is 0 Å². The molecule has 0 aliphatic carbocycles. The summed E-state index contributed by atoms with van der Waals surface area (Å²) in [6.45, 7) is 18.3. The van der Waals surface area contributed by atoms with Gasteiger partial charge in [-0.15, -0.1) is 17.0 Å². The molecule has 0 aromatic heterocycles. The van der Waals surface area contributed by atoms with Gasteiger partial charge in [0.1, 0.15) is 0 Å². The van der Waals surface area contributed by atoms with Crippen molar-refractivity contribution in [3.8, 4) is 0 Å². The molecule has 2 atom stereocenters. The first-order valence-corrected chi connectivity index (χ1v) is 7.78. The zero-order valence-electron chi connectivity index (χ0n) is 13.1. The van der Waals surface area contributed by atoms with E-state index in [4.69, 9.17) is 0 Å². The Labute approximate surface area is 130 Å². The Hall–Kier alpha value is 0.360. The molecular weight excluding hydrogens is 302 g/mol. The summed E-state index contributed by atoms with van der Waals surface area (Å²) in [7, 11) is 0. The van der Waals surface area contributed by atoms with Crippen LogP contribution in [0, 0.1) is 5.92 Å². The third kappa shape index (κ3) is 4.69. The minimum absolute atomic E-state index is 0. The normalized spacial score (nSPS) is 30.2. The molecule has 2 rings (SSSR count). The smallest absolute Gasteiger partial charge is 0.0113 e. The van der Waals surface area contributed by atoms with Crippen LogP contribution in [0.3, 0.4) is 0 Å². The first kappa shape index (κ1) is 17.4. The van der Waals surface area contributed by atoms with E-state index < -0.39 is 0 Å². The van der Waals surface area contributed by atoms with Crippen molar-refractivity contribution in [2.45, 2.75) is 46.2 Å². The van der Waals surface area contributed by atoms with Crippen molar-refractivity contribution in [1.82, 2.24) is 14.7 Å². The van der Waals surface area contributed by atoms with E-state index in [0.29, 0.717) is 0 Å². The lowest BCUT2D eigenvalue weighted by Crippen LogP contribution is -2.54. The monoisotopic (exact) mass is 333 g/mol. The summed E-state index contributed by atoms with van der Waals surface area (Å²) >= 11 is 0. The predicted octanol–water partition coefficient (Wildman–Crippen LogP) is 2.32. The van der Waals surface area contributed by atoms with E-state index in [2.05, 4.69) is 42.4 Å². The highest BCUT2D eigenvalue weighted by molar-refractivity contribution is 8.93. The van der Waals surface area contributed by atoms with Gasteiger partial charge in [-0.1, -0.05) is 6.92 Å². The van der Waals surface area contributed by atoms with Crippen molar-refractivity contribution in [1.29, 1.82) is 0 Å². The lowest BCUT2D eigenvalue weighted by atomic mass is 9.92. The van der Waals surface area contributed by atoms with Crippen molar-refractivity contribution in [3.05, 3.63) is 0 Å². The van der Waals surface area contributed by atoms with Gasteiger partial charge in [-0.3, -0.25) is 9.80 Å². The maximum Gasteiger partial charge on any atom is 0.0113 e. The van der Waals surface area contributed by atoms with Crippen molar-refractivity contribution in [2.75, 3.05) is 45.8 Å². The predicted molar refractivity (Wildman–Crippen MR) is 88.3 cm³/mol. The molecule has 0 aromatic rings. The second-order valence-electron chi connectivity index (χ2n) is 6.54. The number of halogens is 1. The summed E-state index contributed by atoms with van der Waals surface area (Å²) in [6, 6.07) is 1.54. The average molecular weight is 334 g/mol. The molecule has 2 unspecified atom stereocenters. The van der Waals surface area contributed by atoms with Gasteiger partial charge in [-0.05, 0) is 46.2 Å². The van der Waals surface area contributed by atoms with Gasteiger partial charge in [-0.2, -0.15) is 0 Å². The molecule has 0 N–H and O–H groups in total. The molecular formula is C15H32BrN3. The Bertz CT molecular complexity index is 252. The molecule has 2 fully saturated rings. The molecule has 0 spiro atoms. The Balaban J connectivity index is 0.00000180. The topological polar surface area (TPSA) is 9.72 Å². The molecule has 3 nitrogen and oxygen atoms in total. The SMILES string of the molecule is Br.CC1CN(CCCN2CCN(C(C)C)CC2)C1C. The highest BCUT2D eigenvalue weighted by Gasteiger charge is 2.30. The van der Waals surface area contributed by atoms with Gasteiger partial charge < -0.3 is 4.90 Å². The van der Waals surface area contributed by atoms with Crippen LogP contribution in [0.15, 0.2) is 0 Å². The Morgan fingerprint density at radius 3 is 2.11 bits per heavy atom. The number of hydrogen-bond donors (Lipinski definition) is 0. The summed E-state index contributed by atoms with van der Waals surface area (Å²) < 4.78 is 0. The quantitative estimate of drug-likeness (QED) is 0.764. The minimum Gasteiger partial charge on any atom is -0.301 e. The van der Waals surface area contributed by atoms with Crippen LogP contribution in [0.4, 0.5) is 0 Å². The van der Waals surface area contributed by atoms with Crippen LogP contribution in [0.2, 0.25) is 0 Å². The third-order valence-electron chi connectivity index (χ3n) is 4.98. The summed E-state index contributed by atoms with van der Waals surface area (Å²) in [4.78, 5) is 7.87. The first-order chi connectivity index (χ1) is 8.58. The fourth-order valence-corrected chi connectivity index (χ4v) is 3.21. The highest BCUT2D eigenvalue weighted by Crippen LogP contribution is 2.23. The maximum absolute atomic E-state index is 2.65. The molecule has 0 amide bonds. The number of rotatable bonds is 5. The summed E-state index contributed by atoms with van der Waals surface area (Å²) in [5, 5.41) is 0. The van der Waals surface area contributed by atoms with E-state index in [-0.39, 0.29) is 17.0 Å². The molecule has 2 saturated heterocycles. The number of piperazine rings is 1. The fourth-order valence-electron chi connectivity index (χ4n) is 3.21. The summed E-state index contributed by atoms with van der Waals surface area (Å²) in [5.74, 6) is 0.916. The van der Waals surface area contributed by atoms with Crippen LogP contribution in [0.5, 0.6) is 0 Å². The van der Waals surface area contributed by atoms with E-state index in [1.807, 2.05) is 0 Å². The van der Waals surface area contributed by atoms with Gasteiger partial charge in [0.25, 0.3) is 0 Å². The van der Waals surface area contributed by atoms with Crippen LogP contribution in [-0.4, -0.2) is 72.6 Å². The van der Waals surface area contributed by atoms with Crippen LogP contribution in [0.25, 0.3) is 0 Å². The fraction of sp³-hybridized carbons (Fsp3) is 1.00. The molecule has 2 heterocycles. The van der Waals surface area contributed by atoms with Crippen molar-refractivity contribution in [3.63, 3.8) is 0 Å². The summed E-state index contributed by atoms with van der Waals surface area (Å²) in [6.07, 6.45) is 1.35. The molecule has 0 saturated carbocycles. The molecule has 0 bridgehead atoms. The minimum atomic E-state index is 0. The molecule has 0 radical (unpaired) electrons. The number of nitrogens with zero attached hydrogens (tertiary/aromatic N) is 3. The van der Waals surface area contributed by atoms with Gasteiger partial charge in [-0.25, -0.2) is 0 Å². The third-order valence-corrected chi connectivity index (χ3v) is 4.98. The second-order valence-corrected chi connectivity index (χ2v) is 6.54. The van der Waals surface area contributed by atoms with Crippen molar-refractivity contribution >= 4 is 17.0 Å². The Morgan fingerprint density at radius 2 is 1.63 bits per heavy atom. The lowest BCUT2D eigenvalue weighted by Gasteiger charge is -2.45. The van der Waals surface area contributed by atoms with Crippen LogP contribution < -0.4 is 0 Å². The molecule has 19 heavy (non-hydrogen) atoms. The van der Waals surface area contributed by atoms with Crippen LogP contribution >= 0.6 is 17.0 Å². The summed E-state index contributed by atoms with van der Waals surface area (Å²) in [5.41, 5.74) is 0. The van der Waals surface area contributed by atoms with Gasteiger partial charge in [0, 0.05) is 44.8 Å². The van der Waals surface area contributed by atoms with Crippen molar-refractivity contribution < 1.29 is 0 Å². The standard InChI is InChI=1S/C15H31N3.BrH/c1-13(2)17-10-8-16(9-11-17)6-5-7-18-12-14(3)15(18)4;/h13-15H,5-12H2,1-4H3;1H. The van der Waals surface area contributed by atoms with Crippen LogP contribution in [-0.2, 0) is 0 Å². The van der Waals surface area contributed by atoms with Crippen molar-refractivity contribution in [2.24, 2.45) is 5.92 Å². The van der Waals surface area contributed by atoms with E-state index in [9.17, 15) is 0 Å². The average Bonchev–Trinajstić information content (AvgIpc) is 2.38. The largest absolute Gasteiger partial charge is 0.301 e. The Morgan fingerprint density at radius 1 is 1.00 bits per heavy atom. The lowest BCUT2D eigenvalue weighted by molar-refractivity contribution is 0.0320. The van der Waals surface area contributed by atoms with Gasteiger partial charge >= 0.3 is 0 Å². The highest BCUT2D eigenvalue weighted by atomic mass is 79.9. The number of hydrogen-bond acceptors (Lipinski definition) is 3. The molecule has 4 heteroatoms. The zero-order valence-corrected chi connectivity index (χ0v) is 14.9. The van der Waals surface area contributed by atoms with Crippen LogP contribution in [0.1, 0.15) is 34.1 Å². The Kier molecular flexibility index (Phi) is 7.30. The maximum atomic E-state index is 2.65. The molecule has 114 valence electrons. The van der Waals surface area contributed by atoms with E-state index >= 15 is 0 Å². The van der Waals surface area contributed by atoms with E-state index in [0.717, 1.165) is 18.0 Å². The van der Waals surface area contributed by atoms with Gasteiger partial charge in [0.2, 0.25) is 0 Å². The molecule has 2 aliphatic heterocycles. The zero-order chi connectivity index (χ0) is 13.1. The first-order valence-electron chi connectivity index (χ1n) is 7.78.